The molecule has 0 saturated heterocycles. The van der Waals surface area contributed by atoms with E-state index < -0.39 is 69.9 Å². The zero-order chi connectivity index (χ0) is 35.5. The van der Waals surface area contributed by atoms with E-state index in [9.17, 15) is 46.1 Å². The summed E-state index contributed by atoms with van der Waals surface area (Å²) in [5, 5.41) is 29.7. The first-order chi connectivity index (χ1) is 23.3. The topological polar surface area (TPSA) is 118 Å². The highest BCUT2D eigenvalue weighted by atomic mass is 32.2. The second-order valence-corrected chi connectivity index (χ2v) is 14.1. The maximum Gasteiger partial charge on any atom is 0.243 e. The number of hydrogen-bond donors (Lipinski definition) is 3. The summed E-state index contributed by atoms with van der Waals surface area (Å²) in [6, 6.07) is 16.7. The Morgan fingerprint density at radius 1 is 0.837 bits per heavy atom. The summed E-state index contributed by atoms with van der Waals surface area (Å²) < 4.78 is 85.8. The van der Waals surface area contributed by atoms with Crippen molar-refractivity contribution in [2.24, 2.45) is 0 Å². The van der Waals surface area contributed by atoms with Gasteiger partial charge in [0.1, 0.15) is 11.6 Å². The minimum absolute atomic E-state index is 0.0427. The predicted octanol–water partition coefficient (Wildman–Crippen LogP) is 6.71. The molecule has 1 aliphatic carbocycles. The first-order valence-electron chi connectivity index (χ1n) is 15.7. The fourth-order valence-corrected chi connectivity index (χ4v) is 7.36. The van der Waals surface area contributed by atoms with E-state index in [4.69, 9.17) is 0 Å². The molecule has 0 bridgehead atoms. The van der Waals surface area contributed by atoms with E-state index in [1.165, 1.54) is 42.8 Å². The van der Waals surface area contributed by atoms with Crippen LogP contribution >= 0.6 is 0 Å². The molecule has 4 aromatic carbocycles. The monoisotopic (exact) mass is 700 g/mol. The van der Waals surface area contributed by atoms with Gasteiger partial charge in [-0.3, -0.25) is 4.79 Å². The fraction of sp³-hybridized carbons (Fsp3) is 0.306. The minimum atomic E-state index is -4.68. The molecule has 3 N–H and O–H groups in total. The number of benzene rings is 4. The number of carbonyl (C=O) groups is 1. The Kier molecular flexibility index (Phi) is 11.1. The highest BCUT2D eigenvalue weighted by Gasteiger charge is 2.32. The molecule has 0 radical (unpaired) electrons. The molecule has 0 unspecified atom stereocenters. The standard InChI is InChI=1S/C36H36F4N2O6S/c1-22-7-14-27(15-8-22)49(47,48)41(20-29-30(37)18-31(38)35(40)34(29)39)21-33(44)42(26-13-16-28(36(45)46)32(43)17-26)19-23-9-11-25(12-10-23)24-5-3-2-4-6-24/h7-18,24,36,43,45-46H,2-6,19-21H2,1H3. The average Bonchev–Trinajstić information content (AvgIpc) is 3.08. The first kappa shape index (κ1) is 36.0. The molecule has 5 rings (SSSR count). The number of aromatic hydroxyl groups is 1. The summed E-state index contributed by atoms with van der Waals surface area (Å²) in [5.74, 6) is -8.36. The number of nitrogens with zero attached hydrogens (tertiary/aromatic N) is 2. The molecule has 0 aliphatic heterocycles. The van der Waals surface area contributed by atoms with Gasteiger partial charge in [0.15, 0.2) is 23.7 Å². The summed E-state index contributed by atoms with van der Waals surface area (Å²) in [5.41, 5.74) is 1.17. The van der Waals surface area contributed by atoms with Crippen LogP contribution in [0.5, 0.6) is 5.75 Å². The van der Waals surface area contributed by atoms with Crippen LogP contribution in [0, 0.1) is 30.2 Å². The van der Waals surface area contributed by atoms with Crippen molar-refractivity contribution in [1.82, 2.24) is 4.31 Å². The van der Waals surface area contributed by atoms with Gasteiger partial charge in [0.05, 0.1) is 18.0 Å². The lowest BCUT2D eigenvalue weighted by Crippen LogP contribution is -2.43. The lowest BCUT2D eigenvalue weighted by molar-refractivity contribution is -0.119. The molecule has 260 valence electrons. The number of carbonyl (C=O) groups excluding carboxylic acids is 1. The number of aliphatic hydroxyl groups is 2. The van der Waals surface area contributed by atoms with Crippen molar-refractivity contribution in [2.75, 3.05) is 11.4 Å². The van der Waals surface area contributed by atoms with Gasteiger partial charge in [-0.2, -0.15) is 4.31 Å². The molecule has 1 amide bonds. The van der Waals surface area contributed by atoms with Crippen molar-refractivity contribution in [2.45, 2.75) is 69.2 Å². The van der Waals surface area contributed by atoms with E-state index in [-0.39, 0.29) is 28.8 Å². The van der Waals surface area contributed by atoms with E-state index in [2.05, 4.69) is 0 Å². The number of rotatable bonds is 11. The smallest absolute Gasteiger partial charge is 0.243 e. The summed E-state index contributed by atoms with van der Waals surface area (Å²) in [6.07, 6.45) is 3.57. The molecule has 0 atom stereocenters. The van der Waals surface area contributed by atoms with Crippen molar-refractivity contribution in [3.8, 4) is 5.75 Å². The van der Waals surface area contributed by atoms with Crippen molar-refractivity contribution >= 4 is 21.6 Å². The molecule has 1 aliphatic rings. The zero-order valence-electron chi connectivity index (χ0n) is 26.6. The Morgan fingerprint density at radius 3 is 2.10 bits per heavy atom. The third-order valence-corrected chi connectivity index (χ3v) is 10.6. The Morgan fingerprint density at radius 2 is 1.49 bits per heavy atom. The van der Waals surface area contributed by atoms with Crippen LogP contribution in [-0.2, 0) is 27.9 Å². The summed E-state index contributed by atoms with van der Waals surface area (Å²) in [6.45, 7) is -0.614. The van der Waals surface area contributed by atoms with Crippen LogP contribution in [0.3, 0.4) is 0 Å². The second kappa shape index (κ2) is 15.1. The van der Waals surface area contributed by atoms with Crippen molar-refractivity contribution in [3.63, 3.8) is 0 Å². The third kappa shape index (κ3) is 8.13. The van der Waals surface area contributed by atoms with Gasteiger partial charge in [-0.1, -0.05) is 61.2 Å². The number of phenolic OH excluding ortho intramolecular Hbond substituents is 1. The van der Waals surface area contributed by atoms with Gasteiger partial charge in [-0.25, -0.2) is 26.0 Å². The molecule has 0 aromatic heterocycles. The van der Waals surface area contributed by atoms with E-state index in [1.54, 1.807) is 6.92 Å². The Labute approximate surface area is 281 Å². The van der Waals surface area contributed by atoms with E-state index in [0.29, 0.717) is 21.4 Å². The number of halogens is 4. The molecule has 4 aromatic rings. The van der Waals surface area contributed by atoms with Gasteiger partial charge in [0.25, 0.3) is 0 Å². The summed E-state index contributed by atoms with van der Waals surface area (Å²) >= 11 is 0. The van der Waals surface area contributed by atoms with Gasteiger partial charge in [-0.15, -0.1) is 0 Å². The third-order valence-electron chi connectivity index (χ3n) is 8.82. The van der Waals surface area contributed by atoms with Crippen molar-refractivity contribution < 1.29 is 46.1 Å². The lowest BCUT2D eigenvalue weighted by atomic mass is 9.84. The van der Waals surface area contributed by atoms with Crippen LogP contribution in [0.25, 0.3) is 0 Å². The van der Waals surface area contributed by atoms with Crippen LogP contribution in [-0.4, -0.2) is 40.5 Å². The predicted molar refractivity (Wildman–Crippen MR) is 174 cm³/mol. The van der Waals surface area contributed by atoms with Gasteiger partial charge in [0, 0.05) is 35.5 Å². The lowest BCUT2D eigenvalue weighted by Gasteiger charge is -2.28. The maximum absolute atomic E-state index is 14.8. The molecular formula is C36H36F4N2O6S. The molecule has 49 heavy (non-hydrogen) atoms. The average molecular weight is 701 g/mol. The Hall–Kier alpha value is -4.30. The summed E-state index contributed by atoms with van der Waals surface area (Å²) in [7, 11) is -4.68. The Bertz CT molecular complexity index is 1920. The molecular weight excluding hydrogens is 664 g/mol. The van der Waals surface area contributed by atoms with Crippen LogP contribution in [0.2, 0.25) is 0 Å². The quantitative estimate of drug-likeness (QED) is 0.0693. The van der Waals surface area contributed by atoms with Gasteiger partial charge < -0.3 is 20.2 Å². The molecule has 1 saturated carbocycles. The Balaban J connectivity index is 1.53. The fourth-order valence-electron chi connectivity index (χ4n) is 6.00. The number of hydrogen-bond acceptors (Lipinski definition) is 6. The van der Waals surface area contributed by atoms with Crippen LogP contribution in [0.4, 0.5) is 23.2 Å². The number of anilines is 1. The highest BCUT2D eigenvalue weighted by Crippen LogP contribution is 2.34. The molecule has 0 spiro atoms. The van der Waals surface area contributed by atoms with E-state index in [0.717, 1.165) is 42.2 Å². The van der Waals surface area contributed by atoms with Crippen LogP contribution in [0.1, 0.15) is 72.1 Å². The largest absolute Gasteiger partial charge is 0.507 e. The molecule has 13 heteroatoms. The number of sulfonamides is 1. The second-order valence-electron chi connectivity index (χ2n) is 12.2. The number of phenols is 1. The van der Waals surface area contributed by atoms with E-state index in [1.807, 2.05) is 24.3 Å². The normalized spacial score (nSPS) is 14.1. The summed E-state index contributed by atoms with van der Waals surface area (Å²) in [4.78, 5) is 14.9. The van der Waals surface area contributed by atoms with Crippen LogP contribution in [0.15, 0.2) is 77.7 Å². The number of amides is 1. The van der Waals surface area contributed by atoms with Gasteiger partial charge >= 0.3 is 0 Å². The molecule has 0 heterocycles. The van der Waals surface area contributed by atoms with Gasteiger partial charge in [0.2, 0.25) is 15.9 Å². The van der Waals surface area contributed by atoms with Crippen molar-refractivity contribution in [3.05, 3.63) is 124 Å². The maximum atomic E-state index is 14.8. The van der Waals surface area contributed by atoms with Gasteiger partial charge in [-0.05, 0) is 61.1 Å². The first-order valence-corrected chi connectivity index (χ1v) is 17.2. The molecule has 1 fully saturated rings. The molecule has 8 nitrogen and oxygen atoms in total. The van der Waals surface area contributed by atoms with Crippen molar-refractivity contribution in [1.29, 1.82) is 0 Å². The van der Waals surface area contributed by atoms with Crippen LogP contribution < -0.4 is 4.90 Å². The zero-order valence-corrected chi connectivity index (χ0v) is 27.4. The SMILES string of the molecule is Cc1ccc(S(=O)(=O)N(CC(=O)N(Cc2ccc(C3CCCCC3)cc2)c2ccc(C(O)O)c(O)c2)Cc2c(F)cc(F)c(F)c2F)cc1. The number of aryl methyl sites for hydroxylation is 1. The minimum Gasteiger partial charge on any atom is -0.507 e. The highest BCUT2D eigenvalue weighted by molar-refractivity contribution is 7.89. The van der Waals surface area contributed by atoms with E-state index >= 15 is 0 Å². The number of aliphatic hydroxyl groups excluding tert-OH is 1.